The average molecular weight is 346 g/mol. The molecule has 0 spiro atoms. The maximum Gasteiger partial charge on any atom is 0.220 e. The Labute approximate surface area is 150 Å². The minimum Gasteiger partial charge on any atom is -0.493 e. The van der Waals surface area contributed by atoms with Crippen LogP contribution in [0.5, 0.6) is 5.75 Å². The summed E-state index contributed by atoms with van der Waals surface area (Å²) in [5, 5.41) is 3.25. The maximum absolute atomic E-state index is 12.5. The second-order valence-electron chi connectivity index (χ2n) is 7.11. The minimum absolute atomic E-state index is 0.180. The van der Waals surface area contributed by atoms with Gasteiger partial charge in [0, 0.05) is 45.8 Å². The Kier molecular flexibility index (Phi) is 6.70. The van der Waals surface area contributed by atoms with Gasteiger partial charge < -0.3 is 19.7 Å². The number of fused-ring (bicyclic) bond motifs is 1. The first-order chi connectivity index (χ1) is 12.3. The van der Waals surface area contributed by atoms with Gasteiger partial charge in [-0.25, -0.2) is 0 Å². The number of methoxy groups -OCH3 is 1. The highest BCUT2D eigenvalue weighted by Crippen LogP contribution is 2.35. The summed E-state index contributed by atoms with van der Waals surface area (Å²) >= 11 is 0. The molecule has 5 heteroatoms. The quantitative estimate of drug-likeness (QED) is 0.771. The van der Waals surface area contributed by atoms with Gasteiger partial charge in [-0.2, -0.15) is 0 Å². The smallest absolute Gasteiger partial charge is 0.220 e. The first kappa shape index (κ1) is 18.2. The number of benzene rings is 1. The molecule has 138 valence electrons. The third kappa shape index (κ3) is 5.19. The Morgan fingerprint density at radius 3 is 2.88 bits per heavy atom. The molecule has 0 saturated carbocycles. The number of nitrogens with zero attached hydrogens (tertiary/aromatic N) is 1. The SMILES string of the molecule is COCCCN1CCC(NC(=O)CC2CCOc3ccccc32)CC1. The van der Waals surface area contributed by atoms with E-state index in [0.717, 1.165) is 57.7 Å². The Bertz CT molecular complexity index is 556. The molecule has 0 bridgehead atoms. The van der Waals surface area contributed by atoms with Crippen molar-refractivity contribution in [3.63, 3.8) is 0 Å². The molecule has 1 aromatic rings. The summed E-state index contributed by atoms with van der Waals surface area (Å²) in [6.07, 6.45) is 4.65. The van der Waals surface area contributed by atoms with Crippen molar-refractivity contribution in [2.45, 2.75) is 44.1 Å². The molecule has 2 aliphatic heterocycles. The number of amides is 1. The first-order valence-corrected chi connectivity index (χ1v) is 9.48. The lowest BCUT2D eigenvalue weighted by Gasteiger charge is -2.33. The molecule has 1 saturated heterocycles. The van der Waals surface area contributed by atoms with Crippen LogP contribution in [0.1, 0.15) is 43.6 Å². The van der Waals surface area contributed by atoms with E-state index < -0.39 is 0 Å². The topological polar surface area (TPSA) is 50.8 Å². The zero-order valence-electron chi connectivity index (χ0n) is 15.2. The summed E-state index contributed by atoms with van der Waals surface area (Å²) in [5.41, 5.74) is 1.18. The first-order valence-electron chi connectivity index (χ1n) is 9.48. The number of likely N-dealkylation sites (tertiary alicyclic amines) is 1. The van der Waals surface area contributed by atoms with E-state index in [-0.39, 0.29) is 11.8 Å². The van der Waals surface area contributed by atoms with Gasteiger partial charge >= 0.3 is 0 Å². The van der Waals surface area contributed by atoms with Crippen molar-refractivity contribution in [1.82, 2.24) is 10.2 Å². The van der Waals surface area contributed by atoms with Crippen LogP contribution < -0.4 is 10.1 Å². The summed E-state index contributed by atoms with van der Waals surface area (Å²) in [6.45, 7) is 4.74. The molecule has 1 N–H and O–H groups in total. The van der Waals surface area contributed by atoms with E-state index in [4.69, 9.17) is 9.47 Å². The van der Waals surface area contributed by atoms with Crippen LogP contribution in [0.15, 0.2) is 24.3 Å². The molecule has 1 amide bonds. The van der Waals surface area contributed by atoms with Gasteiger partial charge in [-0.15, -0.1) is 0 Å². The molecular weight excluding hydrogens is 316 g/mol. The van der Waals surface area contributed by atoms with Crippen molar-refractivity contribution in [1.29, 1.82) is 0 Å². The van der Waals surface area contributed by atoms with Gasteiger partial charge in [0.15, 0.2) is 0 Å². The van der Waals surface area contributed by atoms with Crippen molar-refractivity contribution in [3.05, 3.63) is 29.8 Å². The second-order valence-corrected chi connectivity index (χ2v) is 7.11. The van der Waals surface area contributed by atoms with E-state index in [1.54, 1.807) is 7.11 Å². The van der Waals surface area contributed by atoms with E-state index in [2.05, 4.69) is 16.3 Å². The fourth-order valence-electron chi connectivity index (χ4n) is 3.87. The fourth-order valence-corrected chi connectivity index (χ4v) is 3.87. The second kappa shape index (κ2) is 9.20. The van der Waals surface area contributed by atoms with E-state index in [9.17, 15) is 4.79 Å². The van der Waals surface area contributed by atoms with Crippen molar-refractivity contribution in [2.75, 3.05) is 40.0 Å². The minimum atomic E-state index is 0.180. The van der Waals surface area contributed by atoms with E-state index in [1.807, 2.05) is 18.2 Å². The van der Waals surface area contributed by atoms with Crippen LogP contribution >= 0.6 is 0 Å². The monoisotopic (exact) mass is 346 g/mol. The number of rotatable bonds is 7. The van der Waals surface area contributed by atoms with E-state index >= 15 is 0 Å². The zero-order valence-corrected chi connectivity index (χ0v) is 15.2. The maximum atomic E-state index is 12.5. The Morgan fingerprint density at radius 1 is 1.28 bits per heavy atom. The van der Waals surface area contributed by atoms with Gasteiger partial charge in [-0.1, -0.05) is 18.2 Å². The highest BCUT2D eigenvalue weighted by Gasteiger charge is 2.25. The lowest BCUT2D eigenvalue weighted by atomic mass is 9.90. The molecule has 2 aliphatic rings. The molecule has 0 aromatic heterocycles. The molecule has 0 aliphatic carbocycles. The van der Waals surface area contributed by atoms with Crippen LogP contribution in [0.2, 0.25) is 0 Å². The molecule has 2 heterocycles. The molecular formula is C20H30N2O3. The Balaban J connectivity index is 1.42. The summed E-state index contributed by atoms with van der Waals surface area (Å²) in [4.78, 5) is 15.0. The van der Waals surface area contributed by atoms with Crippen molar-refractivity contribution in [3.8, 4) is 5.75 Å². The van der Waals surface area contributed by atoms with Crippen molar-refractivity contribution >= 4 is 5.91 Å². The van der Waals surface area contributed by atoms with Crippen LogP contribution in [0.25, 0.3) is 0 Å². The third-order valence-corrected chi connectivity index (χ3v) is 5.29. The predicted molar refractivity (Wildman–Crippen MR) is 98.0 cm³/mol. The highest BCUT2D eigenvalue weighted by atomic mass is 16.5. The number of ether oxygens (including phenoxy) is 2. The summed E-state index contributed by atoms with van der Waals surface area (Å²) in [7, 11) is 1.75. The summed E-state index contributed by atoms with van der Waals surface area (Å²) in [5.74, 6) is 1.40. The molecule has 3 rings (SSSR count). The van der Waals surface area contributed by atoms with Crippen LogP contribution in [-0.4, -0.2) is 56.8 Å². The van der Waals surface area contributed by atoms with Gasteiger partial charge in [-0.3, -0.25) is 4.79 Å². The van der Waals surface area contributed by atoms with E-state index in [0.29, 0.717) is 19.1 Å². The van der Waals surface area contributed by atoms with Crippen molar-refractivity contribution < 1.29 is 14.3 Å². The standard InChI is InChI=1S/C20H30N2O3/c1-24-13-4-10-22-11-7-17(8-12-22)21-20(23)15-16-9-14-25-19-6-3-2-5-18(16)19/h2-3,5-6,16-17H,4,7-15H2,1H3,(H,21,23). The molecule has 1 unspecified atom stereocenters. The summed E-state index contributed by atoms with van der Waals surface area (Å²) < 4.78 is 10.8. The van der Waals surface area contributed by atoms with Crippen LogP contribution in [-0.2, 0) is 9.53 Å². The highest BCUT2D eigenvalue weighted by molar-refractivity contribution is 5.77. The molecule has 1 fully saturated rings. The number of hydrogen-bond acceptors (Lipinski definition) is 4. The Hall–Kier alpha value is -1.59. The predicted octanol–water partition coefficient (Wildman–Crippen LogP) is 2.56. The Morgan fingerprint density at radius 2 is 2.08 bits per heavy atom. The number of carbonyl (C=O) groups is 1. The van der Waals surface area contributed by atoms with Gasteiger partial charge in [0.25, 0.3) is 0 Å². The van der Waals surface area contributed by atoms with Crippen molar-refractivity contribution in [2.24, 2.45) is 0 Å². The number of hydrogen-bond donors (Lipinski definition) is 1. The van der Waals surface area contributed by atoms with Crippen LogP contribution in [0.4, 0.5) is 0 Å². The van der Waals surface area contributed by atoms with Gasteiger partial charge in [0.2, 0.25) is 5.91 Å². The molecule has 25 heavy (non-hydrogen) atoms. The third-order valence-electron chi connectivity index (χ3n) is 5.29. The largest absolute Gasteiger partial charge is 0.493 e. The van der Waals surface area contributed by atoms with Gasteiger partial charge in [0.05, 0.1) is 6.61 Å². The van der Waals surface area contributed by atoms with Crippen LogP contribution in [0, 0.1) is 0 Å². The number of para-hydroxylation sites is 1. The van der Waals surface area contributed by atoms with Gasteiger partial charge in [0.1, 0.15) is 5.75 Å². The number of nitrogens with one attached hydrogen (secondary N) is 1. The average Bonchev–Trinajstić information content (AvgIpc) is 2.64. The molecule has 1 atom stereocenters. The fraction of sp³-hybridized carbons (Fsp3) is 0.650. The molecule has 0 radical (unpaired) electrons. The van der Waals surface area contributed by atoms with Gasteiger partial charge in [-0.05, 0) is 43.2 Å². The normalized spacial score (nSPS) is 21.4. The lowest BCUT2D eigenvalue weighted by molar-refractivity contribution is -0.122. The molecule has 5 nitrogen and oxygen atoms in total. The summed E-state index contributed by atoms with van der Waals surface area (Å²) in [6, 6.07) is 8.42. The number of carbonyl (C=O) groups excluding carboxylic acids is 1. The zero-order chi connectivity index (χ0) is 17.5. The number of piperidine rings is 1. The van der Waals surface area contributed by atoms with Crippen LogP contribution in [0.3, 0.4) is 0 Å². The van der Waals surface area contributed by atoms with E-state index in [1.165, 1.54) is 5.56 Å². The molecule has 1 aromatic carbocycles. The lowest BCUT2D eigenvalue weighted by Crippen LogP contribution is -2.45.